The van der Waals surface area contributed by atoms with Crippen LogP contribution in [-0.4, -0.2) is 15.3 Å². The number of hydrogen-bond donors (Lipinski definition) is 2. The summed E-state index contributed by atoms with van der Waals surface area (Å²) in [5.41, 5.74) is 4.71. The summed E-state index contributed by atoms with van der Waals surface area (Å²) in [6.45, 7) is 0. The van der Waals surface area contributed by atoms with Crippen LogP contribution in [0.5, 0.6) is 0 Å². The highest BCUT2D eigenvalue weighted by Gasteiger charge is 2.17. The maximum Gasteiger partial charge on any atom is 0.329 e. The van der Waals surface area contributed by atoms with E-state index < -0.39 is 5.56 Å². The minimum absolute atomic E-state index is 0.0979. The summed E-state index contributed by atoms with van der Waals surface area (Å²) >= 11 is 1.73. The van der Waals surface area contributed by atoms with Crippen molar-refractivity contribution in [3.05, 3.63) is 27.0 Å². The Bertz CT molecular complexity index is 459. The third kappa shape index (κ3) is 2.09. The quantitative estimate of drug-likeness (QED) is 0.733. The highest BCUT2D eigenvalue weighted by atomic mass is 32.2. The number of nitrogens with two attached hydrogens (primary N) is 1. The first-order valence-electron chi connectivity index (χ1n) is 4.91. The van der Waals surface area contributed by atoms with E-state index in [1.165, 1.54) is 17.2 Å². The number of H-pyrrole nitrogens is 1. The van der Waals surface area contributed by atoms with Gasteiger partial charge < -0.3 is 5.73 Å². The Balaban J connectivity index is 2.39. The molecule has 5 nitrogen and oxygen atoms in total. The molecule has 1 aliphatic heterocycles. The van der Waals surface area contributed by atoms with E-state index in [-0.39, 0.29) is 16.8 Å². The number of aromatic amines is 1. The topological polar surface area (TPSA) is 80.9 Å². The number of nitrogen functional groups attached to an aromatic ring is 1. The first-order valence-corrected chi connectivity index (χ1v) is 5.96. The van der Waals surface area contributed by atoms with E-state index in [1.807, 2.05) is 0 Å². The fourth-order valence-electron chi connectivity index (χ4n) is 1.66. The number of nitrogens with zero attached hydrogens (tertiary/aromatic N) is 1. The molecule has 0 saturated carbocycles. The molecular formula is C9H13N3O2S. The van der Waals surface area contributed by atoms with E-state index in [0.29, 0.717) is 0 Å². The largest absolute Gasteiger partial charge is 0.393 e. The summed E-state index contributed by atoms with van der Waals surface area (Å²) in [5.74, 6) is 1.05. The Morgan fingerprint density at radius 3 is 2.93 bits per heavy atom. The van der Waals surface area contributed by atoms with Crippen molar-refractivity contribution in [2.45, 2.75) is 24.6 Å². The Labute approximate surface area is 90.7 Å². The number of nitrogens with one attached hydrogen (secondary N) is 1. The van der Waals surface area contributed by atoms with Gasteiger partial charge >= 0.3 is 5.69 Å². The van der Waals surface area contributed by atoms with Crippen molar-refractivity contribution in [2.75, 3.05) is 11.5 Å². The van der Waals surface area contributed by atoms with Crippen molar-refractivity contribution in [1.82, 2.24) is 9.55 Å². The van der Waals surface area contributed by atoms with E-state index >= 15 is 0 Å². The number of rotatable bonds is 1. The molecule has 15 heavy (non-hydrogen) atoms. The molecule has 1 aliphatic rings. The first-order chi connectivity index (χ1) is 7.18. The van der Waals surface area contributed by atoms with Gasteiger partial charge in [0, 0.05) is 6.20 Å². The van der Waals surface area contributed by atoms with Crippen LogP contribution in [0, 0.1) is 0 Å². The monoisotopic (exact) mass is 227 g/mol. The molecule has 1 unspecified atom stereocenters. The minimum atomic E-state index is -0.503. The maximum absolute atomic E-state index is 11.5. The molecule has 1 atom stereocenters. The van der Waals surface area contributed by atoms with E-state index in [9.17, 15) is 9.59 Å². The third-order valence-electron chi connectivity index (χ3n) is 2.46. The zero-order chi connectivity index (χ0) is 10.8. The van der Waals surface area contributed by atoms with Crippen LogP contribution in [0.15, 0.2) is 15.8 Å². The predicted octanol–water partition coefficient (Wildman–Crippen LogP) is 0.534. The molecule has 1 saturated heterocycles. The van der Waals surface area contributed by atoms with Gasteiger partial charge in [-0.15, -0.1) is 11.8 Å². The van der Waals surface area contributed by atoms with Crippen molar-refractivity contribution in [3.63, 3.8) is 0 Å². The molecule has 0 spiro atoms. The number of anilines is 1. The fourth-order valence-corrected chi connectivity index (χ4v) is 2.95. The Kier molecular flexibility index (Phi) is 2.86. The number of thioether (sulfide) groups is 1. The molecule has 0 bridgehead atoms. The zero-order valence-corrected chi connectivity index (χ0v) is 9.05. The average Bonchev–Trinajstić information content (AvgIpc) is 2.25. The summed E-state index contributed by atoms with van der Waals surface area (Å²) < 4.78 is 1.53. The summed E-state index contributed by atoms with van der Waals surface area (Å²) in [6, 6.07) is 0. The van der Waals surface area contributed by atoms with E-state index in [2.05, 4.69) is 4.98 Å². The molecule has 6 heteroatoms. The van der Waals surface area contributed by atoms with Crippen LogP contribution in [0.3, 0.4) is 0 Å². The highest BCUT2D eigenvalue weighted by molar-refractivity contribution is 7.99. The first kappa shape index (κ1) is 10.4. The summed E-state index contributed by atoms with van der Waals surface area (Å²) in [6.07, 6.45) is 4.71. The van der Waals surface area contributed by atoms with Gasteiger partial charge in [-0.3, -0.25) is 14.3 Å². The molecule has 82 valence electrons. The molecule has 0 aromatic carbocycles. The smallest absolute Gasteiger partial charge is 0.329 e. The van der Waals surface area contributed by atoms with Crippen molar-refractivity contribution in [2.24, 2.45) is 0 Å². The van der Waals surface area contributed by atoms with Gasteiger partial charge in [-0.2, -0.15) is 0 Å². The Hall–Kier alpha value is -1.17. The zero-order valence-electron chi connectivity index (χ0n) is 8.23. The van der Waals surface area contributed by atoms with Crippen molar-refractivity contribution in [3.8, 4) is 0 Å². The van der Waals surface area contributed by atoms with Crippen LogP contribution in [0.2, 0.25) is 0 Å². The molecule has 1 aromatic rings. The Morgan fingerprint density at radius 2 is 2.27 bits per heavy atom. The third-order valence-corrected chi connectivity index (χ3v) is 3.83. The van der Waals surface area contributed by atoms with Gasteiger partial charge in [0.05, 0.1) is 5.37 Å². The molecule has 2 heterocycles. The summed E-state index contributed by atoms with van der Waals surface area (Å²) in [7, 11) is 0. The SMILES string of the molecule is Nc1cn(C2CCCCS2)c(=O)[nH]c1=O. The second-order valence-corrected chi connectivity index (χ2v) is 4.86. The van der Waals surface area contributed by atoms with Crippen LogP contribution in [0.1, 0.15) is 24.6 Å². The maximum atomic E-state index is 11.5. The lowest BCUT2D eigenvalue weighted by molar-refractivity contribution is 0.546. The van der Waals surface area contributed by atoms with Gasteiger partial charge in [0.25, 0.3) is 5.56 Å². The van der Waals surface area contributed by atoms with Crippen molar-refractivity contribution >= 4 is 17.4 Å². The van der Waals surface area contributed by atoms with Gasteiger partial charge in [0.2, 0.25) is 0 Å². The van der Waals surface area contributed by atoms with Crippen molar-refractivity contribution < 1.29 is 0 Å². The van der Waals surface area contributed by atoms with E-state index in [4.69, 9.17) is 5.73 Å². The van der Waals surface area contributed by atoms with Gasteiger partial charge in [-0.25, -0.2) is 4.79 Å². The van der Waals surface area contributed by atoms with E-state index in [0.717, 1.165) is 18.6 Å². The molecule has 1 aromatic heterocycles. The highest BCUT2D eigenvalue weighted by Crippen LogP contribution is 2.32. The second-order valence-electron chi connectivity index (χ2n) is 3.57. The standard InChI is InChI=1S/C9H13N3O2S/c10-6-5-12(9(14)11-8(6)13)7-3-1-2-4-15-7/h5,7H,1-4,10H2,(H,11,13,14). The van der Waals surface area contributed by atoms with Crippen LogP contribution >= 0.6 is 11.8 Å². The number of hydrogen-bond acceptors (Lipinski definition) is 4. The summed E-state index contributed by atoms with van der Waals surface area (Å²) in [5, 5.41) is 0.116. The van der Waals surface area contributed by atoms with E-state index in [1.54, 1.807) is 11.8 Å². The van der Waals surface area contributed by atoms with Crippen LogP contribution < -0.4 is 17.0 Å². The molecule has 3 N–H and O–H groups in total. The number of aromatic nitrogens is 2. The molecule has 1 fully saturated rings. The van der Waals surface area contributed by atoms with Gasteiger partial charge in [-0.05, 0) is 25.0 Å². The fraction of sp³-hybridized carbons (Fsp3) is 0.556. The predicted molar refractivity (Wildman–Crippen MR) is 61.1 cm³/mol. The van der Waals surface area contributed by atoms with Gasteiger partial charge in [0.1, 0.15) is 5.69 Å². The Morgan fingerprint density at radius 1 is 1.47 bits per heavy atom. The van der Waals surface area contributed by atoms with Crippen molar-refractivity contribution in [1.29, 1.82) is 0 Å². The molecule has 2 rings (SSSR count). The molecule has 0 aliphatic carbocycles. The average molecular weight is 227 g/mol. The lowest BCUT2D eigenvalue weighted by Gasteiger charge is -2.22. The minimum Gasteiger partial charge on any atom is -0.393 e. The van der Waals surface area contributed by atoms with Gasteiger partial charge in [0.15, 0.2) is 0 Å². The van der Waals surface area contributed by atoms with Crippen LogP contribution in [-0.2, 0) is 0 Å². The normalized spacial score (nSPS) is 21.5. The van der Waals surface area contributed by atoms with Gasteiger partial charge in [-0.1, -0.05) is 0 Å². The van der Waals surface area contributed by atoms with Crippen LogP contribution in [0.25, 0.3) is 0 Å². The lowest BCUT2D eigenvalue weighted by atomic mass is 10.2. The van der Waals surface area contributed by atoms with Crippen LogP contribution in [0.4, 0.5) is 5.69 Å². The molecule has 0 amide bonds. The lowest BCUT2D eigenvalue weighted by Crippen LogP contribution is -2.33. The second kappa shape index (κ2) is 4.14. The molecular weight excluding hydrogens is 214 g/mol. The summed E-state index contributed by atoms with van der Waals surface area (Å²) in [4.78, 5) is 24.8. The molecule has 0 radical (unpaired) electrons.